The molecule has 0 spiro atoms. The number of aliphatic hydroxyl groups excluding tert-OH is 2. The number of Topliss-reactive ketones (excluding diaryl/α,β-unsaturated/α-hetero) is 1. The predicted octanol–water partition coefficient (Wildman–Crippen LogP) is 1.92. The summed E-state index contributed by atoms with van der Waals surface area (Å²) in [6, 6.07) is 0. The van der Waals surface area contributed by atoms with E-state index in [9.17, 15) is 34.2 Å². The van der Waals surface area contributed by atoms with Crippen LogP contribution in [0.2, 0.25) is 0 Å². The Balaban J connectivity index is 1.81. The van der Waals surface area contributed by atoms with Crippen LogP contribution >= 0.6 is 7.82 Å². The smallest absolute Gasteiger partial charge is 0.393 e. The van der Waals surface area contributed by atoms with E-state index in [0.717, 1.165) is 5.57 Å². The van der Waals surface area contributed by atoms with Gasteiger partial charge in [0.2, 0.25) is 0 Å². The molecule has 4 N–H and O–H groups in total. The van der Waals surface area contributed by atoms with Crippen molar-refractivity contribution in [3.8, 4) is 0 Å². The summed E-state index contributed by atoms with van der Waals surface area (Å²) in [6.45, 7) is 4.96. The second kappa shape index (κ2) is 7.17. The fourth-order valence-electron chi connectivity index (χ4n) is 7.73. The molecule has 0 aromatic carbocycles. The zero-order valence-electron chi connectivity index (χ0n) is 18.0. The van der Waals surface area contributed by atoms with Gasteiger partial charge in [-0.15, -0.1) is 0 Å². The maximum absolute atomic E-state index is 12.9. The highest BCUT2D eigenvalue weighted by Crippen LogP contribution is 2.70. The van der Waals surface area contributed by atoms with Crippen LogP contribution in [0.4, 0.5) is 0 Å². The van der Waals surface area contributed by atoms with E-state index in [4.69, 9.17) is 4.52 Å². The number of hydrogen-bond donors (Lipinski definition) is 4. The van der Waals surface area contributed by atoms with Crippen LogP contribution in [-0.4, -0.2) is 49.9 Å². The Morgan fingerprint density at radius 3 is 2.61 bits per heavy atom. The second-order valence-electron chi connectivity index (χ2n) is 10.3. The molecule has 8 nitrogen and oxygen atoms in total. The number of phosphoric ester groups is 1. The summed E-state index contributed by atoms with van der Waals surface area (Å²) in [5.74, 6) is -1.08. The van der Waals surface area contributed by atoms with Gasteiger partial charge in [-0.2, -0.15) is 0 Å². The minimum absolute atomic E-state index is 0.0301. The van der Waals surface area contributed by atoms with E-state index in [1.54, 1.807) is 19.1 Å². The Bertz CT molecular complexity index is 920. The van der Waals surface area contributed by atoms with E-state index in [1.165, 1.54) is 0 Å². The summed E-state index contributed by atoms with van der Waals surface area (Å²) in [5.41, 5.74) is -2.39. The van der Waals surface area contributed by atoms with Gasteiger partial charge in [-0.25, -0.2) is 4.57 Å². The number of fused-ring (bicyclic) bond motifs is 5. The molecule has 4 rings (SSSR count). The molecule has 0 radical (unpaired) electrons. The topological polar surface area (TPSA) is 141 Å². The van der Waals surface area contributed by atoms with E-state index < -0.39 is 42.7 Å². The lowest BCUT2D eigenvalue weighted by Crippen LogP contribution is -2.62. The molecule has 0 bridgehead atoms. The number of ketones is 2. The van der Waals surface area contributed by atoms with E-state index >= 15 is 0 Å². The van der Waals surface area contributed by atoms with Gasteiger partial charge < -0.3 is 20.0 Å². The number of hydrogen-bond acceptors (Lipinski definition) is 6. The first kappa shape index (κ1) is 23.0. The molecule has 172 valence electrons. The largest absolute Gasteiger partial charge is 0.470 e. The Morgan fingerprint density at radius 1 is 1.32 bits per heavy atom. The summed E-state index contributed by atoms with van der Waals surface area (Å²) in [7, 11) is -5.04. The van der Waals surface area contributed by atoms with Crippen LogP contribution in [0.5, 0.6) is 0 Å². The average molecular weight is 454 g/mol. The van der Waals surface area contributed by atoms with Crippen molar-refractivity contribution in [3.05, 3.63) is 23.8 Å². The normalized spacial score (nSPS) is 46.7. The van der Waals surface area contributed by atoms with Crippen molar-refractivity contribution in [2.45, 2.75) is 58.2 Å². The third-order valence-electron chi connectivity index (χ3n) is 8.81. The number of rotatable bonds is 4. The van der Waals surface area contributed by atoms with E-state index in [-0.39, 0.29) is 42.3 Å². The molecular formula is C22H31O8P. The van der Waals surface area contributed by atoms with Crippen LogP contribution in [0.1, 0.15) is 46.5 Å². The van der Waals surface area contributed by atoms with Crippen LogP contribution < -0.4 is 0 Å². The lowest BCUT2D eigenvalue weighted by atomic mass is 9.45. The fourth-order valence-corrected chi connectivity index (χ4v) is 8.53. The lowest BCUT2D eigenvalue weighted by Gasteiger charge is -2.61. The first-order valence-corrected chi connectivity index (χ1v) is 12.4. The quantitative estimate of drug-likeness (QED) is 0.472. The molecule has 9 heteroatoms. The lowest BCUT2D eigenvalue weighted by molar-refractivity contribution is -0.177. The Labute approximate surface area is 181 Å². The maximum atomic E-state index is 12.9. The first-order chi connectivity index (χ1) is 14.3. The van der Waals surface area contributed by atoms with Crippen molar-refractivity contribution in [3.63, 3.8) is 0 Å². The van der Waals surface area contributed by atoms with Gasteiger partial charge in [-0.1, -0.05) is 32.4 Å². The molecule has 0 aromatic rings. The molecule has 0 amide bonds. The van der Waals surface area contributed by atoms with Crippen LogP contribution in [0.15, 0.2) is 23.8 Å². The van der Waals surface area contributed by atoms with Gasteiger partial charge in [0.25, 0.3) is 0 Å². The van der Waals surface area contributed by atoms with E-state index in [1.807, 2.05) is 13.0 Å². The molecule has 0 aliphatic heterocycles. The summed E-state index contributed by atoms with van der Waals surface area (Å²) < 4.78 is 17.0. The highest BCUT2D eigenvalue weighted by atomic mass is 31.2. The van der Waals surface area contributed by atoms with Crippen molar-refractivity contribution in [2.75, 3.05) is 6.61 Å². The van der Waals surface area contributed by atoms with Gasteiger partial charge in [0.1, 0.15) is 12.2 Å². The van der Waals surface area contributed by atoms with Crippen molar-refractivity contribution >= 4 is 19.4 Å². The van der Waals surface area contributed by atoms with Crippen LogP contribution in [0.3, 0.4) is 0 Å². The SMILES string of the molecule is C[C@H]1C[C@@H]2[C@H]([C@@H](O)C[C@@]3(C)[C@H]2CC[C@]3(OP(=O)(O)O)C(=O)CO)[C@@]2(C)C=CC(=O)C=C12. The minimum atomic E-state index is -5.04. The van der Waals surface area contributed by atoms with Gasteiger partial charge in [0.15, 0.2) is 11.6 Å². The van der Waals surface area contributed by atoms with Crippen LogP contribution in [-0.2, 0) is 18.7 Å². The van der Waals surface area contributed by atoms with Gasteiger partial charge in [0.05, 0.1) is 6.10 Å². The van der Waals surface area contributed by atoms with Gasteiger partial charge >= 0.3 is 7.82 Å². The molecule has 0 heterocycles. The third-order valence-corrected chi connectivity index (χ3v) is 9.36. The van der Waals surface area contributed by atoms with Crippen molar-refractivity contribution in [2.24, 2.45) is 34.5 Å². The third kappa shape index (κ3) is 3.18. The van der Waals surface area contributed by atoms with Gasteiger partial charge in [0, 0.05) is 16.7 Å². The second-order valence-corrected chi connectivity index (χ2v) is 11.4. The Morgan fingerprint density at radius 2 is 2.00 bits per heavy atom. The molecular weight excluding hydrogens is 423 g/mol. The van der Waals surface area contributed by atoms with Crippen LogP contribution in [0, 0.1) is 34.5 Å². The molecule has 0 saturated heterocycles. The van der Waals surface area contributed by atoms with E-state index in [0.29, 0.717) is 12.8 Å². The van der Waals surface area contributed by atoms with Crippen molar-refractivity contribution in [1.29, 1.82) is 0 Å². The predicted molar refractivity (Wildman–Crippen MR) is 111 cm³/mol. The highest BCUT2D eigenvalue weighted by Gasteiger charge is 2.70. The first-order valence-electron chi connectivity index (χ1n) is 10.8. The molecule has 4 aliphatic rings. The highest BCUT2D eigenvalue weighted by molar-refractivity contribution is 7.46. The van der Waals surface area contributed by atoms with Crippen molar-refractivity contribution in [1.82, 2.24) is 0 Å². The Hall–Kier alpha value is -1.15. The van der Waals surface area contributed by atoms with Crippen molar-refractivity contribution < 1.29 is 38.7 Å². The summed E-state index contributed by atoms with van der Waals surface area (Å²) in [4.78, 5) is 44.1. The minimum Gasteiger partial charge on any atom is -0.393 e. The monoisotopic (exact) mass is 454 g/mol. The summed E-state index contributed by atoms with van der Waals surface area (Å²) in [6.07, 6.45) is 5.63. The summed E-state index contributed by atoms with van der Waals surface area (Å²) in [5, 5.41) is 21.0. The number of carbonyl (C=O) groups is 2. The standard InChI is InChI=1S/C22H31O8P/c1-12-8-14-15-5-7-22(18(26)11-23,30-31(27,28)29)21(15,3)10-17(25)19(14)20(2)6-4-13(24)9-16(12)20/h4,6,9,12,14-15,17,19,23,25H,5,7-8,10-11H2,1-3H3,(H2,27,28,29)/t12-,14-,15-,17-,19+,20-,21-,22-/m0/s1. The van der Waals surface area contributed by atoms with E-state index in [2.05, 4.69) is 6.92 Å². The van der Waals surface area contributed by atoms with Gasteiger partial charge in [-0.3, -0.25) is 14.1 Å². The molecule has 31 heavy (non-hydrogen) atoms. The maximum Gasteiger partial charge on any atom is 0.470 e. The fraction of sp³-hybridized carbons (Fsp3) is 0.727. The molecule has 8 atom stereocenters. The molecule has 0 aromatic heterocycles. The molecule has 3 fully saturated rings. The van der Waals surface area contributed by atoms with Gasteiger partial charge in [-0.05, 0) is 55.6 Å². The molecule has 3 saturated carbocycles. The zero-order chi connectivity index (χ0) is 23.0. The number of carbonyl (C=O) groups excluding carboxylic acids is 2. The Kier molecular flexibility index (Phi) is 5.33. The number of phosphoric acid groups is 1. The summed E-state index contributed by atoms with van der Waals surface area (Å²) >= 11 is 0. The number of allylic oxidation sites excluding steroid dienone is 4. The molecule has 4 aliphatic carbocycles. The van der Waals surface area contributed by atoms with Crippen LogP contribution in [0.25, 0.3) is 0 Å². The average Bonchev–Trinajstić information content (AvgIpc) is 2.93. The molecule has 0 unspecified atom stereocenters. The number of aliphatic hydroxyl groups is 2. The zero-order valence-corrected chi connectivity index (χ0v) is 18.9.